The maximum absolute atomic E-state index is 6.35. The predicted molar refractivity (Wildman–Crippen MR) is 74.6 cm³/mol. The first-order valence-electron chi connectivity index (χ1n) is 6.91. The molecule has 1 aromatic carbocycles. The highest BCUT2D eigenvalue weighted by atomic mass is 35.5. The van der Waals surface area contributed by atoms with Gasteiger partial charge in [0.2, 0.25) is 0 Å². The summed E-state index contributed by atoms with van der Waals surface area (Å²) in [5, 5.41) is 4.31. The molecule has 1 aromatic rings. The molecule has 0 spiro atoms. The molecule has 3 heteroatoms. The second kappa shape index (κ2) is 5.10. The number of nitrogens with one attached hydrogen (secondary N) is 1. The van der Waals surface area contributed by atoms with Crippen molar-refractivity contribution in [1.82, 2.24) is 5.32 Å². The van der Waals surface area contributed by atoms with Crippen LogP contribution in [0, 0.1) is 6.92 Å². The first kappa shape index (κ1) is 12.3. The molecule has 2 fully saturated rings. The van der Waals surface area contributed by atoms with E-state index in [-0.39, 0.29) is 0 Å². The average Bonchev–Trinajstić information content (AvgIpc) is 2.99. The van der Waals surface area contributed by atoms with E-state index < -0.39 is 0 Å². The summed E-state index contributed by atoms with van der Waals surface area (Å²) in [6.07, 6.45) is 6.32. The van der Waals surface area contributed by atoms with E-state index >= 15 is 0 Å². The molecule has 0 aromatic heterocycles. The fourth-order valence-electron chi connectivity index (χ4n) is 2.63. The fourth-order valence-corrected chi connectivity index (χ4v) is 2.97. The summed E-state index contributed by atoms with van der Waals surface area (Å²) in [5.74, 6) is 0.929. The molecule has 0 amide bonds. The van der Waals surface area contributed by atoms with E-state index in [0.717, 1.165) is 23.7 Å². The topological polar surface area (TPSA) is 21.3 Å². The Hall–Kier alpha value is -0.730. The zero-order valence-corrected chi connectivity index (χ0v) is 11.6. The van der Waals surface area contributed by atoms with Crippen molar-refractivity contribution >= 4 is 11.6 Å². The van der Waals surface area contributed by atoms with Crippen LogP contribution in [0.1, 0.15) is 36.8 Å². The molecule has 1 N–H and O–H groups in total. The smallest absolute Gasteiger partial charge is 0.141 e. The van der Waals surface area contributed by atoms with Crippen LogP contribution in [0.4, 0.5) is 0 Å². The zero-order valence-electron chi connectivity index (χ0n) is 10.8. The Bertz CT molecular complexity index is 436. The van der Waals surface area contributed by atoms with Crippen LogP contribution in [0.5, 0.6) is 5.75 Å². The highest BCUT2D eigenvalue weighted by Gasteiger charge is 2.26. The van der Waals surface area contributed by atoms with Gasteiger partial charge in [-0.15, -0.1) is 0 Å². The van der Waals surface area contributed by atoms with Crippen molar-refractivity contribution in [2.75, 3.05) is 6.54 Å². The molecular formula is C15H20ClNO. The maximum atomic E-state index is 6.35. The summed E-state index contributed by atoms with van der Waals surface area (Å²) in [6.45, 7) is 3.24. The normalized spacial score (nSPS) is 23.3. The number of benzene rings is 1. The van der Waals surface area contributed by atoms with E-state index in [1.54, 1.807) is 0 Å². The molecule has 3 rings (SSSR count). The number of ether oxygens (including phenoxy) is 1. The summed E-state index contributed by atoms with van der Waals surface area (Å²) in [7, 11) is 0. The first-order chi connectivity index (χ1) is 8.72. The number of hydrogen-bond donors (Lipinski definition) is 1. The molecule has 0 bridgehead atoms. The van der Waals surface area contributed by atoms with Crippen molar-refractivity contribution in [3.8, 4) is 5.75 Å². The lowest BCUT2D eigenvalue weighted by Crippen LogP contribution is -2.24. The molecule has 1 unspecified atom stereocenters. The van der Waals surface area contributed by atoms with E-state index in [1.807, 2.05) is 6.07 Å². The predicted octanol–water partition coefficient (Wildman–Crippen LogP) is 3.48. The van der Waals surface area contributed by atoms with E-state index in [2.05, 4.69) is 18.3 Å². The van der Waals surface area contributed by atoms with Crippen molar-refractivity contribution in [2.45, 2.75) is 51.2 Å². The van der Waals surface area contributed by atoms with Crippen LogP contribution in [0.3, 0.4) is 0 Å². The third kappa shape index (κ3) is 2.81. The van der Waals surface area contributed by atoms with Gasteiger partial charge in [0.25, 0.3) is 0 Å². The summed E-state index contributed by atoms with van der Waals surface area (Å²) >= 11 is 6.35. The Balaban J connectivity index is 1.83. The van der Waals surface area contributed by atoms with Crippen molar-refractivity contribution < 1.29 is 4.74 Å². The van der Waals surface area contributed by atoms with Crippen molar-refractivity contribution in [2.24, 2.45) is 0 Å². The zero-order chi connectivity index (χ0) is 12.5. The Morgan fingerprint density at radius 1 is 1.33 bits per heavy atom. The van der Waals surface area contributed by atoms with Crippen molar-refractivity contribution in [1.29, 1.82) is 0 Å². The minimum absolute atomic E-state index is 0.403. The number of halogens is 1. The average molecular weight is 266 g/mol. The molecule has 1 atom stereocenters. The summed E-state index contributed by atoms with van der Waals surface area (Å²) in [4.78, 5) is 0. The number of hydrogen-bond acceptors (Lipinski definition) is 2. The van der Waals surface area contributed by atoms with Gasteiger partial charge in [-0.05, 0) is 62.8 Å². The van der Waals surface area contributed by atoms with Crippen LogP contribution in [0.15, 0.2) is 12.1 Å². The second-order valence-corrected chi connectivity index (χ2v) is 5.96. The molecule has 1 aliphatic heterocycles. The Morgan fingerprint density at radius 3 is 2.83 bits per heavy atom. The maximum Gasteiger partial charge on any atom is 0.141 e. The lowest BCUT2D eigenvalue weighted by Gasteiger charge is -2.17. The third-order valence-electron chi connectivity index (χ3n) is 3.70. The van der Waals surface area contributed by atoms with Gasteiger partial charge in [-0.2, -0.15) is 0 Å². The van der Waals surface area contributed by atoms with E-state index in [1.165, 1.54) is 36.8 Å². The van der Waals surface area contributed by atoms with Crippen LogP contribution >= 0.6 is 11.6 Å². The largest absolute Gasteiger partial charge is 0.489 e. The van der Waals surface area contributed by atoms with Gasteiger partial charge in [0, 0.05) is 6.04 Å². The summed E-state index contributed by atoms with van der Waals surface area (Å²) in [6, 6.07) is 4.82. The van der Waals surface area contributed by atoms with E-state index in [4.69, 9.17) is 16.3 Å². The molecule has 98 valence electrons. The van der Waals surface area contributed by atoms with Gasteiger partial charge in [-0.3, -0.25) is 0 Å². The highest BCUT2D eigenvalue weighted by molar-refractivity contribution is 6.32. The third-order valence-corrected chi connectivity index (χ3v) is 3.98. The number of aryl methyl sites for hydroxylation is 1. The number of rotatable bonds is 4. The highest BCUT2D eigenvalue weighted by Crippen LogP contribution is 2.36. The Kier molecular flexibility index (Phi) is 3.49. The van der Waals surface area contributed by atoms with Gasteiger partial charge in [0.1, 0.15) is 5.75 Å². The van der Waals surface area contributed by atoms with Crippen molar-refractivity contribution in [3.63, 3.8) is 0 Å². The molecule has 2 aliphatic rings. The Labute approximate surface area is 114 Å². The molecule has 18 heavy (non-hydrogen) atoms. The summed E-state index contributed by atoms with van der Waals surface area (Å²) in [5.41, 5.74) is 2.49. The van der Waals surface area contributed by atoms with Gasteiger partial charge >= 0.3 is 0 Å². The van der Waals surface area contributed by atoms with E-state index in [9.17, 15) is 0 Å². The van der Waals surface area contributed by atoms with Crippen LogP contribution in [-0.2, 0) is 6.42 Å². The quantitative estimate of drug-likeness (QED) is 0.900. The molecule has 2 nitrogen and oxygen atoms in total. The molecule has 1 saturated heterocycles. The van der Waals surface area contributed by atoms with Gasteiger partial charge in [0.05, 0.1) is 11.1 Å². The van der Waals surface area contributed by atoms with Gasteiger partial charge in [0.15, 0.2) is 0 Å². The van der Waals surface area contributed by atoms with Gasteiger partial charge in [-0.1, -0.05) is 17.7 Å². The SMILES string of the molecule is Cc1cc(Cl)c(OC2CC2)c(CC2CCCN2)c1. The molecule has 1 aliphatic carbocycles. The monoisotopic (exact) mass is 265 g/mol. The van der Waals surface area contributed by atoms with Crippen LogP contribution in [0.25, 0.3) is 0 Å². The molecule has 0 radical (unpaired) electrons. The standard InChI is InChI=1S/C15H20ClNO/c1-10-7-11(9-12-3-2-6-17-12)15(14(16)8-10)18-13-4-5-13/h7-8,12-13,17H,2-6,9H2,1H3. The lowest BCUT2D eigenvalue weighted by atomic mass is 10.0. The van der Waals surface area contributed by atoms with Gasteiger partial charge in [-0.25, -0.2) is 0 Å². The molecular weight excluding hydrogens is 246 g/mol. The van der Waals surface area contributed by atoms with Crippen molar-refractivity contribution in [3.05, 3.63) is 28.3 Å². The minimum Gasteiger partial charge on any atom is -0.489 e. The Morgan fingerprint density at radius 2 is 2.17 bits per heavy atom. The minimum atomic E-state index is 0.403. The first-order valence-corrected chi connectivity index (χ1v) is 7.29. The van der Waals surface area contributed by atoms with Crippen LogP contribution < -0.4 is 10.1 Å². The molecule has 1 heterocycles. The lowest BCUT2D eigenvalue weighted by molar-refractivity contribution is 0.299. The fraction of sp³-hybridized carbons (Fsp3) is 0.600. The van der Waals surface area contributed by atoms with Crippen LogP contribution in [-0.4, -0.2) is 18.7 Å². The van der Waals surface area contributed by atoms with Crippen LogP contribution in [0.2, 0.25) is 5.02 Å². The second-order valence-electron chi connectivity index (χ2n) is 5.55. The van der Waals surface area contributed by atoms with E-state index in [0.29, 0.717) is 12.1 Å². The van der Waals surface area contributed by atoms with Gasteiger partial charge < -0.3 is 10.1 Å². The molecule has 1 saturated carbocycles. The summed E-state index contributed by atoms with van der Waals surface area (Å²) < 4.78 is 5.99.